The van der Waals surface area contributed by atoms with Crippen molar-refractivity contribution < 1.29 is 9.72 Å². The molecule has 1 aromatic carbocycles. The standard InChI is InChI=1S/C12H10N2O3/c1-9(15)13-8-10(6-7-14(16)17)11-4-2-3-5-12(11)13/h2-8H,1H3/b7-6+. The van der Waals surface area contributed by atoms with Gasteiger partial charge in [-0.3, -0.25) is 19.5 Å². The molecule has 0 saturated carbocycles. The number of rotatable bonds is 2. The van der Waals surface area contributed by atoms with Crippen LogP contribution in [0.3, 0.4) is 0 Å². The van der Waals surface area contributed by atoms with E-state index in [0.717, 1.165) is 17.1 Å². The van der Waals surface area contributed by atoms with Crippen molar-refractivity contribution in [1.29, 1.82) is 0 Å². The molecule has 0 N–H and O–H groups in total. The molecule has 0 aliphatic carbocycles. The number of hydrogen-bond acceptors (Lipinski definition) is 3. The van der Waals surface area contributed by atoms with Crippen molar-refractivity contribution in [3.8, 4) is 0 Å². The first kappa shape index (κ1) is 11.1. The molecule has 0 amide bonds. The topological polar surface area (TPSA) is 65.1 Å². The first-order valence-corrected chi connectivity index (χ1v) is 5.02. The zero-order valence-corrected chi connectivity index (χ0v) is 9.16. The van der Waals surface area contributed by atoms with Gasteiger partial charge >= 0.3 is 0 Å². The fourth-order valence-electron chi connectivity index (χ4n) is 1.74. The molecule has 0 radical (unpaired) electrons. The molecular weight excluding hydrogens is 220 g/mol. The first-order chi connectivity index (χ1) is 8.09. The van der Waals surface area contributed by atoms with Gasteiger partial charge in [-0.05, 0) is 6.07 Å². The maximum Gasteiger partial charge on any atom is 0.235 e. The molecule has 1 aromatic heterocycles. The summed E-state index contributed by atoms with van der Waals surface area (Å²) in [4.78, 5) is 21.2. The third kappa shape index (κ3) is 2.08. The molecule has 5 heteroatoms. The van der Waals surface area contributed by atoms with Crippen LogP contribution in [0.4, 0.5) is 0 Å². The van der Waals surface area contributed by atoms with Gasteiger partial charge in [0.1, 0.15) is 0 Å². The van der Waals surface area contributed by atoms with Gasteiger partial charge in [-0.1, -0.05) is 18.2 Å². The summed E-state index contributed by atoms with van der Waals surface area (Å²) < 4.78 is 1.48. The molecule has 0 saturated heterocycles. The van der Waals surface area contributed by atoms with Gasteiger partial charge in [0.15, 0.2) is 0 Å². The second-order valence-corrected chi connectivity index (χ2v) is 3.59. The van der Waals surface area contributed by atoms with Gasteiger partial charge < -0.3 is 0 Å². The maximum absolute atomic E-state index is 11.4. The number of carbonyl (C=O) groups excluding carboxylic acids is 1. The highest BCUT2D eigenvalue weighted by Crippen LogP contribution is 2.22. The van der Waals surface area contributed by atoms with Crippen LogP contribution in [0.15, 0.2) is 36.7 Å². The van der Waals surface area contributed by atoms with Gasteiger partial charge in [0.2, 0.25) is 12.1 Å². The highest BCUT2D eigenvalue weighted by Gasteiger charge is 2.08. The predicted molar refractivity (Wildman–Crippen MR) is 64.3 cm³/mol. The summed E-state index contributed by atoms with van der Waals surface area (Å²) in [5, 5.41) is 11.1. The molecule has 17 heavy (non-hydrogen) atoms. The van der Waals surface area contributed by atoms with Crippen molar-refractivity contribution in [2.45, 2.75) is 6.92 Å². The molecule has 0 fully saturated rings. The van der Waals surface area contributed by atoms with Crippen LogP contribution in [0.2, 0.25) is 0 Å². The SMILES string of the molecule is CC(=O)n1cc(/C=C/[N+](=O)[O-])c2ccccc21. The van der Waals surface area contributed by atoms with Crippen molar-refractivity contribution in [3.63, 3.8) is 0 Å². The fourth-order valence-corrected chi connectivity index (χ4v) is 1.74. The average Bonchev–Trinajstić information content (AvgIpc) is 2.65. The molecule has 86 valence electrons. The van der Waals surface area contributed by atoms with E-state index in [-0.39, 0.29) is 5.91 Å². The Hall–Kier alpha value is -2.43. The van der Waals surface area contributed by atoms with Crippen LogP contribution in [-0.2, 0) is 0 Å². The van der Waals surface area contributed by atoms with Crippen LogP contribution in [0.5, 0.6) is 0 Å². The average molecular weight is 230 g/mol. The number of nitrogens with zero attached hydrogens (tertiary/aromatic N) is 2. The monoisotopic (exact) mass is 230 g/mol. The fraction of sp³-hybridized carbons (Fsp3) is 0.0833. The Morgan fingerprint density at radius 1 is 1.41 bits per heavy atom. The van der Waals surface area contributed by atoms with Crippen molar-refractivity contribution in [3.05, 3.63) is 52.3 Å². The lowest BCUT2D eigenvalue weighted by molar-refractivity contribution is -0.400. The Morgan fingerprint density at radius 3 is 2.76 bits per heavy atom. The van der Waals surface area contributed by atoms with Crippen molar-refractivity contribution in [2.24, 2.45) is 0 Å². The van der Waals surface area contributed by atoms with E-state index >= 15 is 0 Å². The Kier molecular flexibility index (Phi) is 2.74. The molecule has 0 unspecified atom stereocenters. The molecule has 0 aliphatic heterocycles. The third-order valence-electron chi connectivity index (χ3n) is 2.46. The van der Waals surface area contributed by atoms with Crippen LogP contribution in [0.25, 0.3) is 17.0 Å². The third-order valence-corrected chi connectivity index (χ3v) is 2.46. The lowest BCUT2D eigenvalue weighted by atomic mass is 10.2. The van der Waals surface area contributed by atoms with Gasteiger partial charge in [0, 0.05) is 30.1 Å². The molecule has 2 rings (SSSR count). The normalized spacial score (nSPS) is 11.1. The molecular formula is C12H10N2O3. The van der Waals surface area contributed by atoms with Crippen molar-refractivity contribution in [2.75, 3.05) is 0 Å². The molecule has 0 spiro atoms. The van der Waals surface area contributed by atoms with E-state index < -0.39 is 4.92 Å². The number of benzene rings is 1. The zero-order valence-electron chi connectivity index (χ0n) is 9.16. The summed E-state index contributed by atoms with van der Waals surface area (Å²) in [7, 11) is 0. The van der Waals surface area contributed by atoms with E-state index in [0.29, 0.717) is 5.56 Å². The van der Waals surface area contributed by atoms with Gasteiger partial charge in [-0.2, -0.15) is 0 Å². The number of fused-ring (bicyclic) bond motifs is 1. The lowest BCUT2D eigenvalue weighted by Crippen LogP contribution is -2.02. The Balaban J connectivity index is 2.64. The quantitative estimate of drug-likeness (QED) is 0.588. The largest absolute Gasteiger partial charge is 0.287 e. The Labute approximate surface area is 97.1 Å². The number of carbonyl (C=O) groups is 1. The number of hydrogen-bond donors (Lipinski definition) is 0. The zero-order chi connectivity index (χ0) is 12.4. The number of para-hydroxylation sites is 1. The minimum Gasteiger partial charge on any atom is -0.287 e. The van der Waals surface area contributed by atoms with Gasteiger partial charge in [-0.15, -0.1) is 0 Å². The van der Waals surface area contributed by atoms with Crippen molar-refractivity contribution in [1.82, 2.24) is 4.57 Å². The van der Waals surface area contributed by atoms with Gasteiger partial charge in [0.05, 0.1) is 10.4 Å². The van der Waals surface area contributed by atoms with Crippen molar-refractivity contribution >= 4 is 22.9 Å². The number of aromatic nitrogens is 1. The predicted octanol–water partition coefficient (Wildman–Crippen LogP) is 2.55. The molecule has 5 nitrogen and oxygen atoms in total. The van der Waals surface area contributed by atoms with E-state index in [9.17, 15) is 14.9 Å². The van der Waals surface area contributed by atoms with Crippen LogP contribution in [0, 0.1) is 10.1 Å². The van der Waals surface area contributed by atoms with E-state index in [1.54, 1.807) is 12.3 Å². The van der Waals surface area contributed by atoms with Gasteiger partial charge in [-0.25, -0.2) is 0 Å². The minimum absolute atomic E-state index is 0.123. The summed E-state index contributed by atoms with van der Waals surface area (Å²) in [5.74, 6) is -0.123. The summed E-state index contributed by atoms with van der Waals surface area (Å²) >= 11 is 0. The Morgan fingerprint density at radius 2 is 2.12 bits per heavy atom. The maximum atomic E-state index is 11.4. The van der Waals surface area contributed by atoms with E-state index in [1.165, 1.54) is 17.6 Å². The second kappa shape index (κ2) is 4.21. The summed E-state index contributed by atoms with van der Waals surface area (Å²) in [5.41, 5.74) is 1.41. The van der Waals surface area contributed by atoms with E-state index in [1.807, 2.05) is 18.2 Å². The van der Waals surface area contributed by atoms with Gasteiger partial charge in [0.25, 0.3) is 0 Å². The smallest absolute Gasteiger partial charge is 0.235 e. The second-order valence-electron chi connectivity index (χ2n) is 3.59. The minimum atomic E-state index is -0.528. The first-order valence-electron chi connectivity index (χ1n) is 5.02. The van der Waals surface area contributed by atoms with E-state index in [2.05, 4.69) is 0 Å². The van der Waals surface area contributed by atoms with Crippen LogP contribution >= 0.6 is 0 Å². The van der Waals surface area contributed by atoms with Crippen LogP contribution in [0.1, 0.15) is 17.3 Å². The Bertz CT molecular complexity index is 626. The highest BCUT2D eigenvalue weighted by molar-refractivity contribution is 5.96. The molecule has 0 atom stereocenters. The van der Waals surface area contributed by atoms with E-state index in [4.69, 9.17) is 0 Å². The molecule has 2 aromatic rings. The van der Waals surface area contributed by atoms with Crippen LogP contribution in [-0.4, -0.2) is 15.4 Å². The summed E-state index contributed by atoms with van der Waals surface area (Å²) in [6, 6.07) is 7.29. The van der Waals surface area contributed by atoms with Crippen LogP contribution < -0.4 is 0 Å². The highest BCUT2D eigenvalue weighted by atomic mass is 16.6. The summed E-state index contributed by atoms with van der Waals surface area (Å²) in [6.45, 7) is 1.45. The number of nitro groups is 1. The lowest BCUT2D eigenvalue weighted by Gasteiger charge is -1.96. The summed E-state index contributed by atoms with van der Waals surface area (Å²) in [6.07, 6.45) is 3.86. The molecule has 0 bridgehead atoms. The molecule has 0 aliphatic rings. The molecule has 1 heterocycles.